The number of rotatable bonds is 5. The number of benzene rings is 1. The van der Waals surface area contributed by atoms with Crippen LogP contribution in [-0.2, 0) is 6.54 Å². The highest BCUT2D eigenvalue weighted by Crippen LogP contribution is 2.21. The number of H-pyrrole nitrogens is 1. The van der Waals surface area contributed by atoms with Gasteiger partial charge in [0.05, 0.1) is 17.5 Å². The smallest absolute Gasteiger partial charge is 0.255 e. The van der Waals surface area contributed by atoms with Gasteiger partial charge in [0.2, 0.25) is 0 Å². The molecule has 28 heavy (non-hydrogen) atoms. The minimum atomic E-state index is -0.337. The van der Waals surface area contributed by atoms with Gasteiger partial charge in [0.25, 0.3) is 5.91 Å². The summed E-state index contributed by atoms with van der Waals surface area (Å²) < 4.78 is 15.0. The van der Waals surface area contributed by atoms with Crippen molar-refractivity contribution in [3.8, 4) is 17.1 Å². The van der Waals surface area contributed by atoms with Crippen LogP contribution < -0.4 is 5.32 Å². The maximum absolute atomic E-state index is 13.1. The van der Waals surface area contributed by atoms with Crippen LogP contribution in [0.15, 0.2) is 61.2 Å². The summed E-state index contributed by atoms with van der Waals surface area (Å²) in [6.45, 7) is 2.22. The first-order chi connectivity index (χ1) is 13.6. The molecular weight excluding hydrogens is 359 g/mol. The highest BCUT2D eigenvalue weighted by Gasteiger charge is 2.15. The monoisotopic (exact) mass is 376 g/mol. The van der Waals surface area contributed by atoms with E-state index in [9.17, 15) is 9.18 Å². The van der Waals surface area contributed by atoms with E-state index in [1.807, 2.05) is 29.8 Å². The second-order valence-electron chi connectivity index (χ2n) is 6.21. The zero-order chi connectivity index (χ0) is 19.5. The van der Waals surface area contributed by atoms with E-state index in [0.29, 0.717) is 23.4 Å². The third kappa shape index (κ3) is 3.52. The van der Waals surface area contributed by atoms with Gasteiger partial charge < -0.3 is 5.32 Å². The maximum atomic E-state index is 13.1. The Morgan fingerprint density at radius 1 is 1.18 bits per heavy atom. The fourth-order valence-corrected chi connectivity index (χ4v) is 2.89. The molecule has 4 rings (SSSR count). The molecule has 0 saturated carbocycles. The van der Waals surface area contributed by atoms with Crippen LogP contribution in [0, 0.1) is 12.7 Å². The van der Waals surface area contributed by atoms with Gasteiger partial charge in [0, 0.05) is 30.7 Å². The van der Waals surface area contributed by atoms with Gasteiger partial charge in [-0.3, -0.25) is 14.5 Å². The Labute approximate surface area is 160 Å². The standard InChI is InChI=1S/C20H17FN6O/c1-13-22-8-9-27(13)18-10-14(6-7-23-18)11-24-20(28)17-12-25-26-19(17)15-2-4-16(21)5-3-15/h2-10,12H,11H2,1H3,(H,24,28)(H,25,26). The van der Waals surface area contributed by atoms with E-state index < -0.39 is 0 Å². The Balaban J connectivity index is 1.50. The second kappa shape index (κ2) is 7.43. The molecule has 0 bridgehead atoms. The summed E-state index contributed by atoms with van der Waals surface area (Å²) in [5.74, 6) is 0.953. The van der Waals surface area contributed by atoms with Gasteiger partial charge >= 0.3 is 0 Å². The molecule has 0 fully saturated rings. The summed E-state index contributed by atoms with van der Waals surface area (Å²) in [6.07, 6.45) is 6.70. The molecule has 1 amide bonds. The third-order valence-corrected chi connectivity index (χ3v) is 4.35. The van der Waals surface area contributed by atoms with E-state index in [4.69, 9.17) is 0 Å². The number of nitrogens with zero attached hydrogens (tertiary/aromatic N) is 4. The Morgan fingerprint density at radius 3 is 2.75 bits per heavy atom. The highest BCUT2D eigenvalue weighted by molar-refractivity contribution is 5.99. The number of hydrogen-bond acceptors (Lipinski definition) is 4. The third-order valence-electron chi connectivity index (χ3n) is 4.35. The van der Waals surface area contributed by atoms with E-state index in [0.717, 1.165) is 17.2 Å². The van der Waals surface area contributed by atoms with Crippen LogP contribution in [0.5, 0.6) is 0 Å². The molecule has 3 aromatic heterocycles. The summed E-state index contributed by atoms with van der Waals surface area (Å²) in [7, 11) is 0. The summed E-state index contributed by atoms with van der Waals surface area (Å²) >= 11 is 0. The molecule has 0 spiro atoms. The van der Waals surface area contributed by atoms with Crippen molar-refractivity contribution in [1.82, 2.24) is 30.0 Å². The van der Waals surface area contributed by atoms with Gasteiger partial charge in [-0.1, -0.05) is 0 Å². The van der Waals surface area contributed by atoms with E-state index in [-0.39, 0.29) is 11.7 Å². The van der Waals surface area contributed by atoms with Crippen molar-refractivity contribution in [2.75, 3.05) is 0 Å². The first-order valence-electron chi connectivity index (χ1n) is 8.64. The normalized spacial score (nSPS) is 10.8. The van der Waals surface area contributed by atoms with Gasteiger partial charge in [-0.2, -0.15) is 5.10 Å². The molecule has 1 aromatic carbocycles. The van der Waals surface area contributed by atoms with Crippen LogP contribution in [-0.4, -0.2) is 30.6 Å². The molecule has 0 aliphatic carbocycles. The predicted octanol–water partition coefficient (Wildman–Crippen LogP) is 3.03. The van der Waals surface area contributed by atoms with Gasteiger partial charge in [-0.15, -0.1) is 0 Å². The molecule has 0 aliphatic heterocycles. The molecule has 2 N–H and O–H groups in total. The van der Waals surface area contributed by atoms with Crippen LogP contribution >= 0.6 is 0 Å². The van der Waals surface area contributed by atoms with Gasteiger partial charge in [-0.05, 0) is 48.9 Å². The molecule has 3 heterocycles. The van der Waals surface area contributed by atoms with Crippen molar-refractivity contribution in [3.63, 3.8) is 0 Å². The fourth-order valence-electron chi connectivity index (χ4n) is 2.89. The summed E-state index contributed by atoms with van der Waals surface area (Å²) in [5, 5.41) is 9.64. The number of nitrogens with one attached hydrogen (secondary N) is 2. The topological polar surface area (TPSA) is 88.5 Å². The van der Waals surface area contributed by atoms with Crippen molar-refractivity contribution in [1.29, 1.82) is 0 Å². The number of pyridine rings is 1. The van der Waals surface area contributed by atoms with E-state index >= 15 is 0 Å². The molecule has 4 aromatic rings. The van der Waals surface area contributed by atoms with Crippen molar-refractivity contribution >= 4 is 5.91 Å². The molecule has 0 aliphatic rings. The number of aromatic nitrogens is 5. The van der Waals surface area contributed by atoms with Gasteiger partial charge in [0.1, 0.15) is 17.5 Å². The zero-order valence-electron chi connectivity index (χ0n) is 15.1. The Hall–Kier alpha value is -3.81. The number of halogens is 1. The van der Waals surface area contributed by atoms with Crippen LogP contribution in [0.1, 0.15) is 21.7 Å². The Kier molecular flexibility index (Phi) is 4.67. The van der Waals surface area contributed by atoms with Crippen molar-refractivity contribution in [2.24, 2.45) is 0 Å². The van der Waals surface area contributed by atoms with Crippen molar-refractivity contribution in [2.45, 2.75) is 13.5 Å². The number of amides is 1. The average molecular weight is 376 g/mol. The summed E-state index contributed by atoms with van der Waals surface area (Å²) in [4.78, 5) is 21.2. The molecule has 0 atom stereocenters. The van der Waals surface area contributed by atoms with Gasteiger partial charge in [0.15, 0.2) is 0 Å². The van der Waals surface area contributed by atoms with E-state index in [1.54, 1.807) is 24.5 Å². The van der Waals surface area contributed by atoms with E-state index in [1.165, 1.54) is 18.3 Å². The fraction of sp³-hybridized carbons (Fsp3) is 0.100. The molecule has 140 valence electrons. The van der Waals surface area contributed by atoms with Crippen molar-refractivity contribution < 1.29 is 9.18 Å². The highest BCUT2D eigenvalue weighted by atomic mass is 19.1. The largest absolute Gasteiger partial charge is 0.348 e. The van der Waals surface area contributed by atoms with E-state index in [2.05, 4.69) is 25.5 Å². The second-order valence-corrected chi connectivity index (χ2v) is 6.21. The molecule has 0 radical (unpaired) electrons. The SMILES string of the molecule is Cc1nccn1-c1cc(CNC(=O)c2cn[nH]c2-c2ccc(F)cc2)ccn1. The number of carbonyl (C=O) groups excluding carboxylic acids is 1. The summed E-state index contributed by atoms with van der Waals surface area (Å²) in [5.41, 5.74) is 2.53. The van der Waals surface area contributed by atoms with Crippen LogP contribution in [0.25, 0.3) is 17.1 Å². The lowest BCUT2D eigenvalue weighted by Gasteiger charge is -2.09. The number of carbonyl (C=O) groups is 1. The average Bonchev–Trinajstić information content (AvgIpc) is 3.36. The van der Waals surface area contributed by atoms with Crippen LogP contribution in [0.4, 0.5) is 4.39 Å². The number of aromatic amines is 1. The lowest BCUT2D eigenvalue weighted by Crippen LogP contribution is -2.23. The van der Waals surface area contributed by atoms with Crippen LogP contribution in [0.3, 0.4) is 0 Å². The lowest BCUT2D eigenvalue weighted by molar-refractivity contribution is 0.0951. The molecular formula is C20H17FN6O. The lowest BCUT2D eigenvalue weighted by atomic mass is 10.1. The van der Waals surface area contributed by atoms with Gasteiger partial charge in [-0.25, -0.2) is 14.4 Å². The van der Waals surface area contributed by atoms with Crippen LogP contribution in [0.2, 0.25) is 0 Å². The molecule has 7 nitrogen and oxygen atoms in total. The Bertz CT molecular complexity index is 1120. The van der Waals surface area contributed by atoms with Crippen molar-refractivity contribution in [3.05, 3.63) is 84.0 Å². The molecule has 8 heteroatoms. The molecule has 0 saturated heterocycles. The minimum absolute atomic E-state index is 0.273. The minimum Gasteiger partial charge on any atom is -0.348 e. The number of imidazole rings is 1. The maximum Gasteiger partial charge on any atom is 0.255 e. The quantitative estimate of drug-likeness (QED) is 0.560. The molecule has 0 unspecified atom stereocenters. The first kappa shape index (κ1) is 17.6. The first-order valence-corrected chi connectivity index (χ1v) is 8.64. The Morgan fingerprint density at radius 2 is 2.00 bits per heavy atom. The number of aryl methyl sites for hydroxylation is 1. The zero-order valence-corrected chi connectivity index (χ0v) is 15.1. The number of hydrogen-bond donors (Lipinski definition) is 2. The predicted molar refractivity (Wildman–Crippen MR) is 101 cm³/mol. The summed E-state index contributed by atoms with van der Waals surface area (Å²) in [6, 6.07) is 9.62.